The molecule has 0 radical (unpaired) electrons. The Hall–Kier alpha value is -0.960. The topological polar surface area (TPSA) is 71.1 Å². The van der Waals surface area contributed by atoms with Gasteiger partial charge in [-0.1, -0.05) is 0 Å². The lowest BCUT2D eigenvalue weighted by Crippen LogP contribution is -2.11. The Balaban J connectivity index is 2.12. The van der Waals surface area contributed by atoms with Crippen LogP contribution in [0.3, 0.4) is 0 Å². The van der Waals surface area contributed by atoms with E-state index in [1.54, 1.807) is 17.6 Å². The van der Waals surface area contributed by atoms with Crippen LogP contribution in [0.1, 0.15) is 4.88 Å². The Morgan fingerprint density at radius 3 is 2.89 bits per heavy atom. The lowest BCUT2D eigenvalue weighted by molar-refractivity contribution is 0.603. The van der Waals surface area contributed by atoms with Gasteiger partial charge in [0.25, 0.3) is 10.0 Å². The molecule has 98 valence electrons. The van der Waals surface area contributed by atoms with E-state index in [2.05, 4.69) is 15.0 Å². The Morgan fingerprint density at radius 1 is 1.39 bits per heavy atom. The second kappa shape index (κ2) is 5.79. The molecule has 2 N–H and O–H groups in total. The van der Waals surface area contributed by atoms with Gasteiger partial charge < -0.3 is 5.32 Å². The third-order valence-electron chi connectivity index (χ3n) is 2.18. The number of nitrogens with zero attached hydrogens (tertiary/aromatic N) is 1. The number of hydrogen-bond donors (Lipinski definition) is 2. The van der Waals surface area contributed by atoms with Crippen molar-refractivity contribution in [3.8, 4) is 0 Å². The second-order valence-corrected chi connectivity index (χ2v) is 7.49. The molecule has 18 heavy (non-hydrogen) atoms. The van der Waals surface area contributed by atoms with Crippen molar-refractivity contribution in [2.24, 2.45) is 0 Å². The molecule has 2 aromatic heterocycles. The summed E-state index contributed by atoms with van der Waals surface area (Å²) in [6, 6.07) is 3.48. The molecule has 0 aromatic carbocycles. The normalized spacial score (nSPS) is 11.6. The van der Waals surface area contributed by atoms with Gasteiger partial charge in [-0.2, -0.15) is 0 Å². The number of anilines is 1. The highest BCUT2D eigenvalue weighted by Gasteiger charge is 2.17. The Morgan fingerprint density at radius 2 is 2.22 bits per heavy atom. The molecule has 2 heterocycles. The first kappa shape index (κ1) is 13.5. The van der Waals surface area contributed by atoms with Crippen LogP contribution in [-0.2, 0) is 16.4 Å². The van der Waals surface area contributed by atoms with Crippen molar-refractivity contribution in [1.82, 2.24) is 10.3 Å². The largest absolute Gasteiger partial charge is 0.319 e. The molecule has 8 heteroatoms. The van der Waals surface area contributed by atoms with E-state index in [1.807, 2.05) is 13.1 Å². The predicted molar refractivity (Wildman–Crippen MR) is 74.9 cm³/mol. The third kappa shape index (κ3) is 3.29. The Bertz CT molecular complexity index is 590. The van der Waals surface area contributed by atoms with Gasteiger partial charge in [-0.15, -0.1) is 22.7 Å². The van der Waals surface area contributed by atoms with Crippen LogP contribution in [-0.4, -0.2) is 27.0 Å². The SMILES string of the molecule is CNCCc1ccc(S(=O)(=O)Nc2nccs2)s1. The van der Waals surface area contributed by atoms with Crippen molar-refractivity contribution in [2.45, 2.75) is 10.6 Å². The van der Waals surface area contributed by atoms with Crippen LogP contribution in [0.2, 0.25) is 0 Å². The highest BCUT2D eigenvalue weighted by molar-refractivity contribution is 7.94. The number of nitrogens with one attached hydrogen (secondary N) is 2. The fraction of sp³-hybridized carbons (Fsp3) is 0.300. The summed E-state index contributed by atoms with van der Waals surface area (Å²) in [5.41, 5.74) is 0. The zero-order chi connectivity index (χ0) is 13.0. The Kier molecular flexibility index (Phi) is 4.33. The molecule has 0 amide bonds. The minimum Gasteiger partial charge on any atom is -0.319 e. The number of sulfonamides is 1. The summed E-state index contributed by atoms with van der Waals surface area (Å²) in [7, 11) is -1.62. The van der Waals surface area contributed by atoms with Crippen LogP contribution < -0.4 is 10.0 Å². The quantitative estimate of drug-likeness (QED) is 0.853. The highest BCUT2D eigenvalue weighted by atomic mass is 32.2. The van der Waals surface area contributed by atoms with E-state index in [-0.39, 0.29) is 0 Å². The molecule has 0 bridgehead atoms. The molecule has 0 spiro atoms. The van der Waals surface area contributed by atoms with Crippen LogP contribution in [0.15, 0.2) is 27.9 Å². The standard InChI is InChI=1S/C10H13N3O2S3/c1-11-5-4-8-2-3-9(17-8)18(14,15)13-10-12-6-7-16-10/h2-3,6-7,11H,4-5H2,1H3,(H,12,13). The summed E-state index contributed by atoms with van der Waals surface area (Å²) in [4.78, 5) is 4.95. The number of thiazole rings is 1. The van der Waals surface area contributed by atoms with E-state index < -0.39 is 10.0 Å². The minimum absolute atomic E-state index is 0.323. The maximum atomic E-state index is 12.0. The molecule has 0 saturated carbocycles. The van der Waals surface area contributed by atoms with Crippen molar-refractivity contribution in [3.05, 3.63) is 28.6 Å². The van der Waals surface area contributed by atoms with Crippen LogP contribution >= 0.6 is 22.7 Å². The van der Waals surface area contributed by atoms with Gasteiger partial charge in [0, 0.05) is 16.5 Å². The van der Waals surface area contributed by atoms with Gasteiger partial charge in [0.2, 0.25) is 0 Å². The molecule has 5 nitrogen and oxygen atoms in total. The fourth-order valence-electron chi connectivity index (χ4n) is 1.32. The molecule has 2 aromatic rings. The first-order valence-corrected chi connectivity index (χ1v) is 8.45. The number of rotatable bonds is 6. The molecule has 0 atom stereocenters. The molecule has 0 aliphatic heterocycles. The van der Waals surface area contributed by atoms with E-state index in [0.717, 1.165) is 17.8 Å². The molecule has 0 saturated heterocycles. The zero-order valence-corrected chi connectivity index (χ0v) is 12.2. The van der Waals surface area contributed by atoms with Crippen molar-refractivity contribution in [3.63, 3.8) is 0 Å². The molecular weight excluding hydrogens is 290 g/mol. The maximum Gasteiger partial charge on any atom is 0.273 e. The smallest absolute Gasteiger partial charge is 0.273 e. The monoisotopic (exact) mass is 303 g/mol. The number of aromatic nitrogens is 1. The van der Waals surface area contributed by atoms with Gasteiger partial charge in [0.15, 0.2) is 5.13 Å². The third-order valence-corrected chi connectivity index (χ3v) is 5.97. The van der Waals surface area contributed by atoms with Gasteiger partial charge in [0.1, 0.15) is 4.21 Å². The van der Waals surface area contributed by atoms with Crippen molar-refractivity contribution in [2.75, 3.05) is 18.3 Å². The first-order valence-electron chi connectivity index (χ1n) is 5.27. The van der Waals surface area contributed by atoms with E-state index in [4.69, 9.17) is 0 Å². The Labute approximate surface area is 114 Å². The second-order valence-electron chi connectivity index (χ2n) is 3.52. The zero-order valence-electron chi connectivity index (χ0n) is 9.71. The summed E-state index contributed by atoms with van der Waals surface area (Å²) >= 11 is 2.55. The highest BCUT2D eigenvalue weighted by Crippen LogP contribution is 2.24. The van der Waals surface area contributed by atoms with Gasteiger partial charge >= 0.3 is 0 Å². The average Bonchev–Trinajstić information content (AvgIpc) is 2.96. The summed E-state index contributed by atoms with van der Waals surface area (Å²) in [6.07, 6.45) is 2.39. The fourth-order valence-corrected chi connectivity index (χ4v) is 4.47. The summed E-state index contributed by atoms with van der Waals surface area (Å²) in [6.45, 7) is 0.833. The molecule has 0 aliphatic rings. The van der Waals surface area contributed by atoms with Crippen LogP contribution in [0.5, 0.6) is 0 Å². The van der Waals surface area contributed by atoms with Gasteiger partial charge in [-0.05, 0) is 32.1 Å². The molecule has 0 aliphatic carbocycles. The van der Waals surface area contributed by atoms with E-state index in [9.17, 15) is 8.42 Å². The molecule has 0 fully saturated rings. The van der Waals surface area contributed by atoms with Crippen LogP contribution in [0.4, 0.5) is 5.13 Å². The number of thiophene rings is 1. The van der Waals surface area contributed by atoms with Gasteiger partial charge in [-0.3, -0.25) is 4.72 Å². The van der Waals surface area contributed by atoms with Gasteiger partial charge in [-0.25, -0.2) is 13.4 Å². The van der Waals surface area contributed by atoms with Crippen molar-refractivity contribution in [1.29, 1.82) is 0 Å². The molecule has 2 rings (SSSR count). The van der Waals surface area contributed by atoms with E-state index >= 15 is 0 Å². The van der Waals surface area contributed by atoms with E-state index in [1.165, 1.54) is 22.7 Å². The molecular formula is C10H13N3O2S3. The summed E-state index contributed by atoms with van der Waals surface area (Å²) in [5.74, 6) is 0. The van der Waals surface area contributed by atoms with Crippen molar-refractivity contribution < 1.29 is 8.42 Å². The average molecular weight is 303 g/mol. The van der Waals surface area contributed by atoms with Crippen LogP contribution in [0, 0.1) is 0 Å². The molecule has 0 unspecified atom stereocenters. The lowest BCUT2D eigenvalue weighted by Gasteiger charge is -2.01. The minimum atomic E-state index is -3.49. The predicted octanol–water partition coefficient (Wildman–Crippen LogP) is 1.77. The first-order chi connectivity index (χ1) is 8.62. The van der Waals surface area contributed by atoms with Crippen LogP contribution in [0.25, 0.3) is 0 Å². The number of likely N-dealkylation sites (N-methyl/N-ethyl adjacent to an activating group) is 1. The number of hydrogen-bond acceptors (Lipinski definition) is 6. The van der Waals surface area contributed by atoms with E-state index in [0.29, 0.717) is 9.34 Å². The maximum absolute atomic E-state index is 12.0. The van der Waals surface area contributed by atoms with Crippen molar-refractivity contribution >= 4 is 37.8 Å². The summed E-state index contributed by atoms with van der Waals surface area (Å²) < 4.78 is 26.9. The van der Waals surface area contributed by atoms with Gasteiger partial charge in [0.05, 0.1) is 0 Å². The lowest BCUT2D eigenvalue weighted by atomic mass is 10.3. The summed E-state index contributed by atoms with van der Waals surface area (Å²) in [5, 5.41) is 5.15.